The molecule has 2 heterocycles. The fraction of sp³-hybridized carbons (Fsp3) is 0.300. The van der Waals surface area contributed by atoms with Crippen LogP contribution < -0.4 is 5.32 Å². The second kappa shape index (κ2) is 6.65. The van der Waals surface area contributed by atoms with Gasteiger partial charge in [0.1, 0.15) is 11.4 Å². The molecule has 0 atom stereocenters. The molecule has 1 fully saturated rings. The van der Waals surface area contributed by atoms with Crippen molar-refractivity contribution in [2.24, 2.45) is 7.05 Å². The molecule has 5 nitrogen and oxygen atoms in total. The van der Waals surface area contributed by atoms with E-state index in [0.717, 1.165) is 23.7 Å². The number of rotatable bonds is 5. The molecule has 4 rings (SSSR count). The Kier molecular flexibility index (Phi) is 4.32. The first-order chi connectivity index (χ1) is 12.6. The van der Waals surface area contributed by atoms with Gasteiger partial charge in [0.25, 0.3) is 5.91 Å². The van der Waals surface area contributed by atoms with Crippen molar-refractivity contribution in [3.05, 3.63) is 71.1 Å². The molecular formula is C20H21ClN4O. The highest BCUT2D eigenvalue weighted by atomic mass is 35.5. The van der Waals surface area contributed by atoms with Crippen LogP contribution in [0.5, 0.6) is 0 Å². The largest absolute Gasteiger partial charge is 0.351 e. The number of carbonyl (C=O) groups excluding carboxylic acids is 1. The Bertz CT molecular complexity index is 908. The van der Waals surface area contributed by atoms with E-state index in [2.05, 4.69) is 22.5 Å². The Morgan fingerprint density at radius 2 is 1.92 bits per heavy atom. The minimum atomic E-state index is -0.0953. The Morgan fingerprint density at radius 3 is 2.54 bits per heavy atom. The first-order valence-corrected chi connectivity index (χ1v) is 9.16. The maximum Gasteiger partial charge on any atom is 0.256 e. The summed E-state index contributed by atoms with van der Waals surface area (Å²) in [6.07, 6.45) is 8.78. The van der Waals surface area contributed by atoms with Crippen molar-refractivity contribution in [1.82, 2.24) is 19.7 Å². The van der Waals surface area contributed by atoms with Crippen molar-refractivity contribution >= 4 is 17.5 Å². The molecule has 0 unspecified atom stereocenters. The second-order valence-electron chi connectivity index (χ2n) is 6.92. The number of hydrogen-bond acceptors (Lipinski definition) is 2. The Morgan fingerprint density at radius 1 is 1.23 bits per heavy atom. The number of hydrogen-bond donors (Lipinski definition) is 1. The van der Waals surface area contributed by atoms with E-state index in [1.54, 1.807) is 10.9 Å². The molecule has 1 amide bonds. The molecular weight excluding hydrogens is 348 g/mol. The van der Waals surface area contributed by atoms with Gasteiger partial charge in [0, 0.05) is 36.4 Å². The highest BCUT2D eigenvalue weighted by Crippen LogP contribution is 2.43. The van der Waals surface area contributed by atoms with E-state index >= 15 is 0 Å². The molecule has 134 valence electrons. The minimum Gasteiger partial charge on any atom is -0.351 e. The van der Waals surface area contributed by atoms with Gasteiger partial charge in [0.05, 0.1) is 6.20 Å². The van der Waals surface area contributed by atoms with Crippen LogP contribution in [0.4, 0.5) is 0 Å². The van der Waals surface area contributed by atoms with Gasteiger partial charge in [-0.15, -0.1) is 0 Å². The normalized spacial score (nSPS) is 15.5. The third kappa shape index (κ3) is 2.92. The smallest absolute Gasteiger partial charge is 0.256 e. The lowest BCUT2D eigenvalue weighted by Gasteiger charge is -2.42. The maximum atomic E-state index is 12.8. The number of aromatic nitrogens is 3. The van der Waals surface area contributed by atoms with Crippen molar-refractivity contribution in [1.29, 1.82) is 0 Å². The first kappa shape index (κ1) is 16.9. The lowest BCUT2D eigenvalue weighted by atomic mass is 9.64. The summed E-state index contributed by atoms with van der Waals surface area (Å²) in [6.45, 7) is 0.619. The molecule has 0 bridgehead atoms. The number of aryl methyl sites for hydroxylation is 1. The highest BCUT2D eigenvalue weighted by molar-refractivity contribution is 6.30. The van der Waals surface area contributed by atoms with Crippen LogP contribution >= 0.6 is 11.6 Å². The number of nitrogens with one attached hydrogen (secondary N) is 1. The number of carbonyl (C=O) groups is 1. The Balaban J connectivity index is 1.53. The van der Waals surface area contributed by atoms with Gasteiger partial charge in [-0.3, -0.25) is 9.48 Å². The zero-order chi connectivity index (χ0) is 18.1. The summed E-state index contributed by atoms with van der Waals surface area (Å²) < 4.78 is 3.62. The lowest BCUT2D eigenvalue weighted by molar-refractivity contribution is 0.0928. The molecule has 0 aliphatic heterocycles. The fourth-order valence-electron chi connectivity index (χ4n) is 3.69. The van der Waals surface area contributed by atoms with Crippen molar-refractivity contribution in [2.75, 3.05) is 6.54 Å². The molecule has 1 aliphatic carbocycles. The maximum absolute atomic E-state index is 12.8. The number of nitrogens with zero attached hydrogens (tertiary/aromatic N) is 3. The molecule has 1 N–H and O–H groups in total. The van der Waals surface area contributed by atoms with Gasteiger partial charge in [0.2, 0.25) is 0 Å². The number of halogens is 1. The van der Waals surface area contributed by atoms with Crippen LogP contribution in [0.25, 0.3) is 5.82 Å². The van der Waals surface area contributed by atoms with Gasteiger partial charge in [-0.2, -0.15) is 5.10 Å². The van der Waals surface area contributed by atoms with Crippen LogP contribution in [0.2, 0.25) is 5.02 Å². The van der Waals surface area contributed by atoms with Crippen LogP contribution in [0.3, 0.4) is 0 Å². The van der Waals surface area contributed by atoms with E-state index in [-0.39, 0.29) is 11.3 Å². The SMILES string of the molecule is Cn1ncc(C(=O)NCC2(c3ccc(Cl)cc3)CCC2)c1-n1cccc1. The van der Waals surface area contributed by atoms with Crippen LogP contribution in [0, 0.1) is 0 Å². The molecule has 1 saturated carbocycles. The molecule has 0 radical (unpaired) electrons. The van der Waals surface area contributed by atoms with Crippen LogP contribution in [-0.4, -0.2) is 26.8 Å². The molecule has 3 aromatic rings. The van der Waals surface area contributed by atoms with Crippen molar-refractivity contribution < 1.29 is 4.79 Å². The van der Waals surface area contributed by atoms with Crippen LogP contribution in [0.15, 0.2) is 55.0 Å². The summed E-state index contributed by atoms with van der Waals surface area (Å²) in [5, 5.41) is 8.13. The van der Waals surface area contributed by atoms with E-state index in [1.165, 1.54) is 12.0 Å². The zero-order valence-corrected chi connectivity index (χ0v) is 15.4. The predicted octanol–water partition coefficient (Wildman–Crippen LogP) is 3.72. The summed E-state index contributed by atoms with van der Waals surface area (Å²) in [7, 11) is 1.84. The van der Waals surface area contributed by atoms with Crippen LogP contribution in [0.1, 0.15) is 35.2 Å². The predicted molar refractivity (Wildman–Crippen MR) is 102 cm³/mol. The molecule has 0 saturated heterocycles. The average Bonchev–Trinajstić information content (AvgIpc) is 3.24. The Hall–Kier alpha value is -2.53. The summed E-state index contributed by atoms with van der Waals surface area (Å²) >= 11 is 6.02. The molecule has 2 aromatic heterocycles. The van der Waals surface area contributed by atoms with E-state index in [1.807, 2.05) is 48.3 Å². The quantitative estimate of drug-likeness (QED) is 0.746. The lowest BCUT2D eigenvalue weighted by Crippen LogP contribution is -2.45. The summed E-state index contributed by atoms with van der Waals surface area (Å²) in [4.78, 5) is 12.8. The van der Waals surface area contributed by atoms with Gasteiger partial charge < -0.3 is 9.88 Å². The van der Waals surface area contributed by atoms with Gasteiger partial charge >= 0.3 is 0 Å². The average molecular weight is 369 g/mol. The molecule has 1 aliphatic rings. The van der Waals surface area contributed by atoms with Crippen molar-refractivity contribution in [3.8, 4) is 5.82 Å². The summed E-state index contributed by atoms with van der Waals surface area (Å²) in [5.41, 5.74) is 1.83. The standard InChI is InChI=1S/C20H21ClN4O/c1-24-19(25-11-2-3-12-25)17(13-23-24)18(26)22-14-20(9-4-10-20)15-5-7-16(21)8-6-15/h2-3,5-8,11-13H,4,9-10,14H2,1H3,(H,22,26). The number of amides is 1. The molecule has 6 heteroatoms. The van der Waals surface area contributed by atoms with Crippen molar-refractivity contribution in [3.63, 3.8) is 0 Å². The van der Waals surface area contributed by atoms with E-state index < -0.39 is 0 Å². The highest BCUT2D eigenvalue weighted by Gasteiger charge is 2.39. The van der Waals surface area contributed by atoms with Crippen LogP contribution in [-0.2, 0) is 12.5 Å². The zero-order valence-electron chi connectivity index (χ0n) is 14.7. The second-order valence-corrected chi connectivity index (χ2v) is 7.36. The minimum absolute atomic E-state index is 0.00999. The Labute approximate surface area is 157 Å². The molecule has 0 spiro atoms. The third-order valence-electron chi connectivity index (χ3n) is 5.36. The van der Waals surface area contributed by atoms with Gasteiger partial charge in [-0.05, 0) is 42.7 Å². The van der Waals surface area contributed by atoms with E-state index in [0.29, 0.717) is 12.1 Å². The van der Waals surface area contributed by atoms with E-state index in [4.69, 9.17) is 11.6 Å². The number of benzene rings is 1. The van der Waals surface area contributed by atoms with Gasteiger partial charge in [0.15, 0.2) is 0 Å². The monoisotopic (exact) mass is 368 g/mol. The molecule has 1 aromatic carbocycles. The first-order valence-electron chi connectivity index (χ1n) is 8.79. The van der Waals surface area contributed by atoms with Gasteiger partial charge in [-0.1, -0.05) is 30.2 Å². The third-order valence-corrected chi connectivity index (χ3v) is 5.61. The van der Waals surface area contributed by atoms with Crippen molar-refractivity contribution in [2.45, 2.75) is 24.7 Å². The fourth-order valence-corrected chi connectivity index (χ4v) is 3.82. The summed E-state index contributed by atoms with van der Waals surface area (Å²) in [6, 6.07) is 11.8. The van der Waals surface area contributed by atoms with Gasteiger partial charge in [-0.25, -0.2) is 0 Å². The molecule has 26 heavy (non-hydrogen) atoms. The topological polar surface area (TPSA) is 51.9 Å². The van der Waals surface area contributed by atoms with E-state index in [9.17, 15) is 4.79 Å². The summed E-state index contributed by atoms with van der Waals surface area (Å²) in [5.74, 6) is 0.670.